The van der Waals surface area contributed by atoms with Gasteiger partial charge in [0.05, 0.1) is 22.9 Å². The van der Waals surface area contributed by atoms with E-state index < -0.39 is 5.97 Å². The van der Waals surface area contributed by atoms with Gasteiger partial charge in [-0.25, -0.2) is 9.78 Å². The molecule has 1 aliphatic rings. The molecule has 3 aromatic rings. The van der Waals surface area contributed by atoms with Crippen molar-refractivity contribution in [1.82, 2.24) is 14.9 Å². The number of benzene rings is 1. The molecule has 1 aliphatic heterocycles. The number of methoxy groups -OCH3 is 1. The molecular formula is C20H19N3O4S. The van der Waals surface area contributed by atoms with Crippen molar-refractivity contribution < 1.29 is 14.3 Å². The molecule has 3 heterocycles. The van der Waals surface area contributed by atoms with Gasteiger partial charge in [-0.2, -0.15) is 0 Å². The van der Waals surface area contributed by atoms with Crippen molar-refractivity contribution in [2.75, 3.05) is 7.11 Å². The Labute approximate surface area is 165 Å². The third-order valence-electron chi connectivity index (χ3n) is 4.95. The summed E-state index contributed by atoms with van der Waals surface area (Å²) < 4.78 is 6.39. The van der Waals surface area contributed by atoms with E-state index in [1.807, 2.05) is 0 Å². The van der Waals surface area contributed by atoms with Gasteiger partial charge >= 0.3 is 5.97 Å². The molecule has 144 valence electrons. The molecule has 0 fully saturated rings. The zero-order chi connectivity index (χ0) is 19.8. The highest BCUT2D eigenvalue weighted by Crippen LogP contribution is 2.28. The van der Waals surface area contributed by atoms with Gasteiger partial charge in [0.15, 0.2) is 0 Å². The largest absolute Gasteiger partial charge is 0.465 e. The number of carbonyl (C=O) groups excluding carboxylic acids is 2. The number of aromatic nitrogens is 2. The van der Waals surface area contributed by atoms with Crippen LogP contribution in [0.4, 0.5) is 0 Å². The molecule has 0 unspecified atom stereocenters. The van der Waals surface area contributed by atoms with Crippen LogP contribution in [-0.4, -0.2) is 28.5 Å². The average molecular weight is 397 g/mol. The van der Waals surface area contributed by atoms with E-state index in [0.717, 1.165) is 24.2 Å². The number of amides is 1. The molecule has 0 saturated carbocycles. The van der Waals surface area contributed by atoms with E-state index in [2.05, 4.69) is 15.0 Å². The van der Waals surface area contributed by atoms with Crippen LogP contribution in [0.1, 0.15) is 43.4 Å². The Morgan fingerprint density at radius 2 is 2.04 bits per heavy atom. The van der Waals surface area contributed by atoms with E-state index in [1.165, 1.54) is 18.4 Å². The summed E-state index contributed by atoms with van der Waals surface area (Å²) in [7, 11) is 1.33. The Morgan fingerprint density at radius 3 is 2.75 bits per heavy atom. The summed E-state index contributed by atoms with van der Waals surface area (Å²) in [4.78, 5) is 42.6. The molecule has 0 bridgehead atoms. The zero-order valence-electron chi connectivity index (χ0n) is 15.6. The van der Waals surface area contributed by atoms with Crippen LogP contribution >= 0.6 is 11.3 Å². The minimum Gasteiger partial charge on any atom is -0.465 e. The summed E-state index contributed by atoms with van der Waals surface area (Å²) in [5.74, 6) is 0.167. The summed E-state index contributed by atoms with van der Waals surface area (Å²) in [5, 5.41) is 3.42. The minimum absolute atomic E-state index is 0.0521. The standard InChI is InChI=1S/C20H19N3O4S/c1-11-15-18(22-14-4-3-9-23(14)19(15)25)28-16(11)17(24)21-10-12-5-7-13(8-6-12)20(26)27-2/h5-8H,3-4,9-10H2,1-2H3,(H,21,24). The van der Waals surface area contributed by atoms with Gasteiger partial charge < -0.3 is 10.1 Å². The van der Waals surface area contributed by atoms with Gasteiger partial charge in [0.1, 0.15) is 10.7 Å². The molecular weight excluding hydrogens is 378 g/mol. The Morgan fingerprint density at radius 1 is 1.29 bits per heavy atom. The number of ether oxygens (including phenoxy) is 1. The van der Waals surface area contributed by atoms with Crippen molar-refractivity contribution in [1.29, 1.82) is 0 Å². The van der Waals surface area contributed by atoms with E-state index >= 15 is 0 Å². The van der Waals surface area contributed by atoms with E-state index in [9.17, 15) is 14.4 Å². The lowest BCUT2D eigenvalue weighted by Crippen LogP contribution is -2.23. The minimum atomic E-state index is -0.401. The van der Waals surface area contributed by atoms with Crippen LogP contribution in [0.15, 0.2) is 29.1 Å². The predicted molar refractivity (Wildman–Crippen MR) is 106 cm³/mol. The van der Waals surface area contributed by atoms with Crippen molar-refractivity contribution in [3.05, 3.63) is 62.0 Å². The number of esters is 1. The molecule has 1 amide bonds. The molecule has 1 aromatic carbocycles. The Balaban J connectivity index is 1.55. The van der Waals surface area contributed by atoms with Crippen molar-refractivity contribution >= 4 is 33.4 Å². The van der Waals surface area contributed by atoms with Gasteiger partial charge in [-0.3, -0.25) is 14.2 Å². The fourth-order valence-corrected chi connectivity index (χ4v) is 4.54. The topological polar surface area (TPSA) is 90.3 Å². The second-order valence-corrected chi connectivity index (χ2v) is 7.69. The van der Waals surface area contributed by atoms with Crippen LogP contribution in [0.2, 0.25) is 0 Å². The van der Waals surface area contributed by atoms with E-state index in [-0.39, 0.29) is 11.5 Å². The molecule has 1 N–H and O–H groups in total. The molecule has 7 nitrogen and oxygen atoms in total. The van der Waals surface area contributed by atoms with E-state index in [1.54, 1.807) is 35.8 Å². The Hall–Kier alpha value is -3.00. The second-order valence-electron chi connectivity index (χ2n) is 6.70. The van der Waals surface area contributed by atoms with Gasteiger partial charge in [-0.1, -0.05) is 12.1 Å². The molecule has 8 heteroatoms. The van der Waals surface area contributed by atoms with Gasteiger partial charge in [0, 0.05) is 19.5 Å². The smallest absolute Gasteiger partial charge is 0.337 e. The average Bonchev–Trinajstić information content (AvgIpc) is 3.31. The first kappa shape index (κ1) is 18.4. The molecule has 0 radical (unpaired) electrons. The number of nitrogens with zero attached hydrogens (tertiary/aromatic N) is 2. The number of rotatable bonds is 4. The highest BCUT2D eigenvalue weighted by Gasteiger charge is 2.23. The van der Waals surface area contributed by atoms with Crippen LogP contribution in [0.5, 0.6) is 0 Å². The lowest BCUT2D eigenvalue weighted by Gasteiger charge is -2.06. The third kappa shape index (κ3) is 3.09. The highest BCUT2D eigenvalue weighted by molar-refractivity contribution is 7.20. The molecule has 0 aliphatic carbocycles. The fourth-order valence-electron chi connectivity index (χ4n) is 3.43. The van der Waals surface area contributed by atoms with Crippen molar-refractivity contribution in [2.24, 2.45) is 0 Å². The number of fused-ring (bicyclic) bond motifs is 2. The van der Waals surface area contributed by atoms with Crippen molar-refractivity contribution in [2.45, 2.75) is 32.9 Å². The fraction of sp³-hybridized carbons (Fsp3) is 0.300. The van der Waals surface area contributed by atoms with Crippen LogP contribution in [-0.2, 0) is 24.2 Å². The maximum atomic E-state index is 12.7. The summed E-state index contributed by atoms with van der Waals surface area (Å²) in [5.41, 5.74) is 1.94. The first-order valence-electron chi connectivity index (χ1n) is 8.98. The monoisotopic (exact) mass is 397 g/mol. The highest BCUT2D eigenvalue weighted by atomic mass is 32.1. The third-order valence-corrected chi connectivity index (χ3v) is 6.13. The summed E-state index contributed by atoms with van der Waals surface area (Å²) in [6, 6.07) is 6.85. The van der Waals surface area contributed by atoms with E-state index in [4.69, 9.17) is 0 Å². The number of aryl methyl sites for hydroxylation is 2. The van der Waals surface area contributed by atoms with Crippen LogP contribution < -0.4 is 10.9 Å². The number of hydrogen-bond acceptors (Lipinski definition) is 6. The number of nitrogens with one attached hydrogen (secondary N) is 1. The maximum absolute atomic E-state index is 12.7. The van der Waals surface area contributed by atoms with Crippen LogP contribution in [0.25, 0.3) is 10.2 Å². The quantitative estimate of drug-likeness (QED) is 0.683. The van der Waals surface area contributed by atoms with Crippen LogP contribution in [0, 0.1) is 6.92 Å². The number of carbonyl (C=O) groups is 2. The molecule has 0 spiro atoms. The second kappa shape index (κ2) is 7.20. The van der Waals surface area contributed by atoms with Crippen molar-refractivity contribution in [3.8, 4) is 0 Å². The summed E-state index contributed by atoms with van der Waals surface area (Å²) >= 11 is 1.26. The lowest BCUT2D eigenvalue weighted by molar-refractivity contribution is 0.0600. The van der Waals surface area contributed by atoms with Crippen LogP contribution in [0.3, 0.4) is 0 Å². The first-order valence-corrected chi connectivity index (χ1v) is 9.79. The van der Waals surface area contributed by atoms with Gasteiger partial charge in [0.25, 0.3) is 11.5 Å². The van der Waals surface area contributed by atoms with E-state index in [0.29, 0.717) is 39.3 Å². The zero-order valence-corrected chi connectivity index (χ0v) is 16.4. The first-order chi connectivity index (χ1) is 13.5. The number of thiophene rings is 1. The molecule has 28 heavy (non-hydrogen) atoms. The van der Waals surface area contributed by atoms with Gasteiger partial charge in [-0.05, 0) is 36.6 Å². The molecule has 2 aromatic heterocycles. The Kier molecular flexibility index (Phi) is 4.72. The number of hydrogen-bond donors (Lipinski definition) is 1. The van der Waals surface area contributed by atoms with Gasteiger partial charge in [-0.15, -0.1) is 11.3 Å². The Bertz CT molecular complexity index is 1140. The molecule has 0 saturated heterocycles. The lowest BCUT2D eigenvalue weighted by atomic mass is 10.1. The molecule has 0 atom stereocenters. The molecule has 4 rings (SSSR count). The SMILES string of the molecule is COC(=O)c1ccc(CNC(=O)c2sc3nc4n(c(=O)c3c2C)CCC4)cc1. The van der Waals surface area contributed by atoms with Gasteiger partial charge in [0.2, 0.25) is 0 Å². The summed E-state index contributed by atoms with van der Waals surface area (Å²) in [6.07, 6.45) is 1.73. The van der Waals surface area contributed by atoms with Crippen molar-refractivity contribution in [3.63, 3.8) is 0 Å². The summed E-state index contributed by atoms with van der Waals surface area (Å²) in [6.45, 7) is 2.80. The predicted octanol–water partition coefficient (Wildman–Crippen LogP) is 2.43. The normalized spacial score (nSPS) is 12.8. The maximum Gasteiger partial charge on any atom is 0.337 e.